The van der Waals surface area contributed by atoms with E-state index in [4.69, 9.17) is 4.74 Å². The van der Waals surface area contributed by atoms with Crippen LogP contribution in [0.2, 0.25) is 0 Å². The number of esters is 1. The summed E-state index contributed by atoms with van der Waals surface area (Å²) in [4.78, 5) is 11.9. The molecule has 0 spiro atoms. The van der Waals surface area contributed by atoms with Gasteiger partial charge in [0.05, 0.1) is 6.61 Å². The third kappa shape index (κ3) is 3.28. The van der Waals surface area contributed by atoms with E-state index in [1.54, 1.807) is 18.1 Å². The van der Waals surface area contributed by atoms with Gasteiger partial charge in [-0.3, -0.25) is 4.79 Å². The maximum Gasteiger partial charge on any atom is 0.302 e. The van der Waals surface area contributed by atoms with Crippen LogP contribution in [0.4, 0.5) is 0 Å². The first-order valence-corrected chi connectivity index (χ1v) is 14.8. The highest BCUT2D eigenvalue weighted by Gasteiger charge is 2.69. The predicted octanol–water partition coefficient (Wildman–Crippen LogP) is 7.71. The van der Waals surface area contributed by atoms with Gasteiger partial charge >= 0.3 is 5.97 Å². The summed E-state index contributed by atoms with van der Waals surface area (Å²) in [5.41, 5.74) is 4.43. The zero-order chi connectivity index (χ0) is 25.6. The Morgan fingerprint density at radius 1 is 0.914 bits per heavy atom. The Kier molecular flexibility index (Phi) is 5.96. The number of ether oxygens (including phenoxy) is 1. The highest BCUT2D eigenvalue weighted by atomic mass is 16.5. The average Bonchev–Trinajstić information content (AvgIpc) is 3.16. The van der Waals surface area contributed by atoms with Gasteiger partial charge in [0.25, 0.3) is 0 Å². The van der Waals surface area contributed by atoms with Crippen molar-refractivity contribution in [1.82, 2.24) is 0 Å². The molecule has 3 heteroatoms. The van der Waals surface area contributed by atoms with Crippen molar-refractivity contribution in [2.75, 3.05) is 6.61 Å². The van der Waals surface area contributed by atoms with Crippen LogP contribution in [0, 0.1) is 50.7 Å². The molecule has 0 bridgehead atoms. The van der Waals surface area contributed by atoms with Crippen molar-refractivity contribution in [2.24, 2.45) is 50.7 Å². The van der Waals surface area contributed by atoms with Crippen molar-refractivity contribution < 1.29 is 14.6 Å². The van der Waals surface area contributed by atoms with Gasteiger partial charge in [0.2, 0.25) is 0 Å². The molecule has 35 heavy (non-hydrogen) atoms. The van der Waals surface area contributed by atoms with Crippen molar-refractivity contribution in [2.45, 2.75) is 126 Å². The van der Waals surface area contributed by atoms with E-state index in [9.17, 15) is 9.90 Å². The molecule has 0 aromatic carbocycles. The predicted molar refractivity (Wildman–Crippen MR) is 142 cm³/mol. The summed E-state index contributed by atoms with van der Waals surface area (Å²) >= 11 is 0. The first kappa shape index (κ1) is 25.8. The minimum atomic E-state index is -0.124. The Hall–Kier alpha value is -0.830. The standard InChI is InChI=1S/C32H52O3/c1-20(2)22-11-16-32(19-33)18-17-30(7)23(27(22)32)9-10-25-29(6)14-13-26(35-21(3)34)28(4,5)24(29)12-15-31(25,30)8/h20,23-26,33H,9-19H2,1-8H3/t23-,24-,25-,26+,29+,30-,31-,32-/m1/s1. The molecule has 4 fully saturated rings. The second-order valence-corrected chi connectivity index (χ2v) is 15.1. The van der Waals surface area contributed by atoms with Crippen LogP contribution >= 0.6 is 0 Å². The molecule has 3 nitrogen and oxygen atoms in total. The summed E-state index contributed by atoms with van der Waals surface area (Å²) in [5, 5.41) is 10.7. The third-order valence-corrected chi connectivity index (χ3v) is 13.4. The minimum absolute atomic E-state index is 0.0230. The maximum atomic E-state index is 11.9. The Balaban J connectivity index is 1.53. The van der Waals surface area contributed by atoms with Gasteiger partial charge in [-0.15, -0.1) is 0 Å². The van der Waals surface area contributed by atoms with E-state index in [1.165, 1.54) is 57.8 Å². The van der Waals surface area contributed by atoms with Crippen LogP contribution in [0.25, 0.3) is 0 Å². The lowest BCUT2D eigenvalue weighted by Crippen LogP contribution is -2.65. The summed E-state index contributed by atoms with van der Waals surface area (Å²) in [5.74, 6) is 2.43. The maximum absolute atomic E-state index is 11.9. The molecule has 5 aliphatic carbocycles. The SMILES string of the molecule is CC(=O)O[C@H]1CC[C@@]2(C)[C@H](CC[C@]3(C)[C@@H]2CC[C@@H]2C4=C(C(C)C)CC[C@]4(CO)CC[C@]23C)C1(C)C. The lowest BCUT2D eigenvalue weighted by Gasteiger charge is -2.72. The smallest absolute Gasteiger partial charge is 0.302 e. The molecule has 8 atom stereocenters. The van der Waals surface area contributed by atoms with Crippen LogP contribution < -0.4 is 0 Å². The fourth-order valence-corrected chi connectivity index (χ4v) is 11.4. The Bertz CT molecular complexity index is 916. The third-order valence-electron chi connectivity index (χ3n) is 13.4. The fourth-order valence-electron chi connectivity index (χ4n) is 11.4. The van der Waals surface area contributed by atoms with Crippen LogP contribution in [0.15, 0.2) is 11.1 Å². The van der Waals surface area contributed by atoms with Crippen molar-refractivity contribution in [1.29, 1.82) is 0 Å². The molecule has 0 aromatic rings. The van der Waals surface area contributed by atoms with Gasteiger partial charge < -0.3 is 9.84 Å². The summed E-state index contributed by atoms with van der Waals surface area (Å²) in [7, 11) is 0. The summed E-state index contributed by atoms with van der Waals surface area (Å²) in [6, 6.07) is 0. The highest BCUT2D eigenvalue weighted by Crippen LogP contribution is 2.76. The van der Waals surface area contributed by atoms with Crippen molar-refractivity contribution in [3.63, 3.8) is 0 Å². The second kappa shape index (κ2) is 8.08. The first-order chi connectivity index (χ1) is 16.3. The van der Waals surface area contributed by atoms with E-state index in [0.717, 1.165) is 12.3 Å². The average molecular weight is 485 g/mol. The second-order valence-electron chi connectivity index (χ2n) is 15.1. The number of aliphatic hydroxyl groups is 1. The number of aliphatic hydroxyl groups excluding tert-OH is 1. The van der Waals surface area contributed by atoms with E-state index >= 15 is 0 Å². The van der Waals surface area contributed by atoms with Gasteiger partial charge in [0.15, 0.2) is 0 Å². The number of rotatable bonds is 3. The van der Waals surface area contributed by atoms with E-state index in [-0.39, 0.29) is 22.9 Å². The molecule has 5 rings (SSSR count). The Labute approximate surface area is 214 Å². The van der Waals surface area contributed by atoms with Gasteiger partial charge in [-0.2, -0.15) is 0 Å². The summed E-state index contributed by atoms with van der Waals surface area (Å²) in [6.07, 6.45) is 12.2. The lowest BCUT2D eigenvalue weighted by molar-refractivity contribution is -0.233. The quantitative estimate of drug-likeness (QED) is 0.329. The van der Waals surface area contributed by atoms with Crippen molar-refractivity contribution >= 4 is 5.97 Å². The molecular weight excluding hydrogens is 432 g/mol. The number of fused-ring (bicyclic) bond motifs is 7. The highest BCUT2D eigenvalue weighted by molar-refractivity contribution is 5.66. The molecule has 0 heterocycles. The van der Waals surface area contributed by atoms with Gasteiger partial charge in [-0.05, 0) is 104 Å². The molecule has 0 aromatic heterocycles. The number of carbonyl (C=O) groups is 1. The lowest BCUT2D eigenvalue weighted by atomic mass is 9.33. The number of hydrogen-bond donors (Lipinski definition) is 1. The van der Waals surface area contributed by atoms with E-state index in [2.05, 4.69) is 48.5 Å². The Morgan fingerprint density at radius 2 is 1.63 bits per heavy atom. The molecule has 0 unspecified atom stereocenters. The van der Waals surface area contributed by atoms with Crippen LogP contribution in [0.1, 0.15) is 120 Å². The van der Waals surface area contributed by atoms with Crippen molar-refractivity contribution in [3.8, 4) is 0 Å². The molecule has 198 valence electrons. The molecule has 1 N–H and O–H groups in total. The summed E-state index contributed by atoms with van der Waals surface area (Å²) in [6.45, 7) is 19.4. The minimum Gasteiger partial charge on any atom is -0.462 e. The number of allylic oxidation sites excluding steroid dienone is 1. The van der Waals surface area contributed by atoms with E-state index in [1.807, 2.05) is 0 Å². The molecule has 5 aliphatic rings. The molecule has 4 saturated carbocycles. The van der Waals surface area contributed by atoms with Gasteiger partial charge in [0.1, 0.15) is 6.10 Å². The largest absolute Gasteiger partial charge is 0.462 e. The van der Waals surface area contributed by atoms with Crippen LogP contribution in [-0.4, -0.2) is 23.8 Å². The topological polar surface area (TPSA) is 46.5 Å². The molecule has 0 aliphatic heterocycles. The zero-order valence-electron chi connectivity index (χ0n) is 23.9. The first-order valence-electron chi connectivity index (χ1n) is 14.8. The molecule has 0 saturated heterocycles. The van der Waals surface area contributed by atoms with E-state index < -0.39 is 0 Å². The van der Waals surface area contributed by atoms with Gasteiger partial charge in [-0.1, -0.05) is 59.6 Å². The monoisotopic (exact) mass is 484 g/mol. The van der Waals surface area contributed by atoms with Crippen LogP contribution in [0.5, 0.6) is 0 Å². The Morgan fingerprint density at radius 3 is 2.26 bits per heavy atom. The fraction of sp³-hybridized carbons (Fsp3) is 0.906. The zero-order valence-corrected chi connectivity index (χ0v) is 23.9. The number of hydrogen-bond acceptors (Lipinski definition) is 3. The van der Waals surface area contributed by atoms with Crippen LogP contribution in [-0.2, 0) is 9.53 Å². The number of carbonyl (C=O) groups excluding carboxylic acids is 1. The molecular formula is C32H52O3. The molecule has 0 radical (unpaired) electrons. The van der Waals surface area contributed by atoms with Gasteiger partial charge in [-0.25, -0.2) is 0 Å². The van der Waals surface area contributed by atoms with Crippen molar-refractivity contribution in [3.05, 3.63) is 11.1 Å². The normalized spacial score (nSPS) is 48.6. The van der Waals surface area contributed by atoms with E-state index in [0.29, 0.717) is 40.6 Å². The van der Waals surface area contributed by atoms with Crippen LogP contribution in [0.3, 0.4) is 0 Å². The summed E-state index contributed by atoms with van der Waals surface area (Å²) < 4.78 is 5.90. The molecule has 0 amide bonds. The van der Waals surface area contributed by atoms with Gasteiger partial charge in [0, 0.05) is 17.8 Å².